The van der Waals surface area contributed by atoms with E-state index < -0.39 is 27.4 Å². The quantitative estimate of drug-likeness (QED) is 0.417. The lowest BCUT2D eigenvalue weighted by molar-refractivity contribution is 0.0601. The molecule has 1 aliphatic heterocycles. The maximum atomic E-state index is 15.1. The summed E-state index contributed by atoms with van der Waals surface area (Å²) in [6.45, 7) is 0.0329. The van der Waals surface area contributed by atoms with Gasteiger partial charge in [-0.2, -0.15) is 0 Å². The maximum absolute atomic E-state index is 15.1. The number of carbonyl (C=O) groups excluding carboxylic acids is 1. The van der Waals surface area contributed by atoms with Gasteiger partial charge in [0.05, 0.1) is 36.3 Å². The van der Waals surface area contributed by atoms with Crippen LogP contribution >= 0.6 is 0 Å². The van der Waals surface area contributed by atoms with E-state index in [-0.39, 0.29) is 34.8 Å². The largest absolute Gasteiger partial charge is 0.465 e. The van der Waals surface area contributed by atoms with Crippen LogP contribution in [0.2, 0.25) is 0 Å². The van der Waals surface area contributed by atoms with Crippen molar-refractivity contribution < 1.29 is 26.7 Å². The smallest absolute Gasteiger partial charge is 0.340 e. The molecule has 11 heteroatoms. The average molecular weight is 514 g/mol. The predicted octanol–water partition coefficient (Wildman–Crippen LogP) is 3.79. The summed E-state index contributed by atoms with van der Waals surface area (Å²) in [5, 5.41) is 0.566. The molecule has 1 aliphatic rings. The van der Waals surface area contributed by atoms with E-state index in [0.717, 1.165) is 18.4 Å². The van der Waals surface area contributed by atoms with Gasteiger partial charge in [0.25, 0.3) is 5.56 Å². The Morgan fingerprint density at radius 2 is 1.92 bits per heavy atom. The molecule has 8 nitrogen and oxygen atoms in total. The van der Waals surface area contributed by atoms with E-state index in [0.29, 0.717) is 33.2 Å². The normalized spacial score (nSPS) is 13.0. The number of sulfone groups is 1. The number of halogens is 2. The lowest BCUT2D eigenvalue weighted by atomic mass is 9.95. The van der Waals surface area contributed by atoms with Crippen LogP contribution in [0.1, 0.15) is 21.5 Å². The number of rotatable bonds is 4. The van der Waals surface area contributed by atoms with Crippen molar-refractivity contribution >= 4 is 38.1 Å². The molecule has 0 aliphatic carbocycles. The molecule has 0 spiro atoms. The third-order valence-electron chi connectivity index (χ3n) is 6.18. The molecule has 2 aromatic carbocycles. The van der Waals surface area contributed by atoms with E-state index in [9.17, 15) is 22.4 Å². The van der Waals surface area contributed by atoms with E-state index >= 15 is 4.39 Å². The molecular formula is C25H21F2N3O5S. The summed E-state index contributed by atoms with van der Waals surface area (Å²) in [4.78, 5) is 30.3. The fraction of sp³-hybridized carbons (Fsp3) is 0.200. The first kappa shape index (κ1) is 23.7. The zero-order chi connectivity index (χ0) is 25.9. The van der Waals surface area contributed by atoms with Crippen LogP contribution in [0.3, 0.4) is 0 Å². The predicted molar refractivity (Wildman–Crippen MR) is 131 cm³/mol. The summed E-state index contributed by atoms with van der Waals surface area (Å²) in [7, 11) is -0.726. The van der Waals surface area contributed by atoms with Crippen LogP contribution in [0.15, 0.2) is 47.5 Å². The minimum Gasteiger partial charge on any atom is -0.465 e. The number of nitrogens with zero attached hydrogens (tertiary/aromatic N) is 2. The molecule has 0 bridgehead atoms. The Balaban J connectivity index is 1.95. The Hall–Kier alpha value is -3.99. The number of aryl methyl sites for hydroxylation is 1. The number of methoxy groups -OCH3 is 1. The number of aromatic amines is 1. The van der Waals surface area contributed by atoms with Gasteiger partial charge in [-0.25, -0.2) is 22.0 Å². The monoisotopic (exact) mass is 513 g/mol. The van der Waals surface area contributed by atoms with E-state index in [1.54, 1.807) is 25.5 Å². The second-order valence-corrected chi connectivity index (χ2v) is 10.9. The molecule has 36 heavy (non-hydrogen) atoms. The average Bonchev–Trinajstić information content (AvgIpc) is 3.17. The second kappa shape index (κ2) is 8.30. The number of fused-ring (bicyclic) bond motifs is 2. The number of ether oxygens (including phenoxy) is 1. The Kier molecular flexibility index (Phi) is 5.47. The van der Waals surface area contributed by atoms with E-state index in [1.165, 1.54) is 28.7 Å². The first-order chi connectivity index (χ1) is 17.0. The number of anilines is 2. The summed E-state index contributed by atoms with van der Waals surface area (Å²) in [6.07, 6.45) is 4.30. The second-order valence-electron chi connectivity index (χ2n) is 8.81. The standard InChI is InChI=1S/C25H21F2N3O5S/c1-29-11-18-16-6-13(12-36(3,33)34)7-17(25(32)35-2)23(16)30(20-5-4-15(26)8-19(20)27)10-14-9-28-22(21(14)18)24(29)31/h4-9,11,28H,10,12H2,1-3H3. The van der Waals surface area contributed by atoms with Crippen molar-refractivity contribution in [2.45, 2.75) is 12.3 Å². The van der Waals surface area contributed by atoms with Gasteiger partial charge in [0.15, 0.2) is 9.84 Å². The lowest BCUT2D eigenvalue weighted by Gasteiger charge is -2.28. The highest BCUT2D eigenvalue weighted by Gasteiger charge is 2.31. The van der Waals surface area contributed by atoms with Gasteiger partial charge in [-0.15, -0.1) is 0 Å². The number of pyridine rings is 1. The number of hydrogen-bond acceptors (Lipinski definition) is 6. The van der Waals surface area contributed by atoms with E-state index in [2.05, 4.69) is 4.98 Å². The highest BCUT2D eigenvalue weighted by atomic mass is 32.2. The minimum absolute atomic E-state index is 0.00690. The Bertz CT molecular complexity index is 1740. The van der Waals surface area contributed by atoms with Crippen molar-refractivity contribution in [1.82, 2.24) is 9.55 Å². The van der Waals surface area contributed by atoms with Gasteiger partial charge >= 0.3 is 5.97 Å². The van der Waals surface area contributed by atoms with Crippen LogP contribution in [-0.2, 0) is 33.9 Å². The summed E-state index contributed by atoms with van der Waals surface area (Å²) in [5.74, 6) is -2.74. The van der Waals surface area contributed by atoms with Crippen LogP contribution < -0.4 is 10.5 Å². The zero-order valence-corrected chi connectivity index (χ0v) is 20.4. The van der Waals surface area contributed by atoms with Gasteiger partial charge in [-0.1, -0.05) is 0 Å². The van der Waals surface area contributed by atoms with Crippen molar-refractivity contribution in [1.29, 1.82) is 0 Å². The Labute approximate surface area is 204 Å². The molecule has 0 atom stereocenters. The number of esters is 1. The lowest BCUT2D eigenvalue weighted by Crippen LogP contribution is -2.21. The van der Waals surface area contributed by atoms with E-state index in [1.807, 2.05) is 0 Å². The highest BCUT2D eigenvalue weighted by Crippen LogP contribution is 2.46. The van der Waals surface area contributed by atoms with Crippen molar-refractivity contribution in [2.75, 3.05) is 18.3 Å². The molecule has 0 fully saturated rings. The van der Waals surface area contributed by atoms with Crippen LogP contribution in [0.25, 0.3) is 22.0 Å². The number of carbonyl (C=O) groups is 1. The first-order valence-corrected chi connectivity index (χ1v) is 12.9. The number of hydrogen-bond donors (Lipinski definition) is 1. The zero-order valence-electron chi connectivity index (χ0n) is 19.6. The summed E-state index contributed by atoms with van der Waals surface area (Å²) in [6, 6.07) is 6.12. The summed E-state index contributed by atoms with van der Waals surface area (Å²) >= 11 is 0. The number of nitrogens with one attached hydrogen (secondary N) is 1. The molecule has 0 radical (unpaired) electrons. The molecule has 0 saturated carbocycles. The molecule has 0 unspecified atom stereocenters. The highest BCUT2D eigenvalue weighted by molar-refractivity contribution is 7.89. The topological polar surface area (TPSA) is 101 Å². The Morgan fingerprint density at radius 1 is 1.17 bits per heavy atom. The molecule has 0 saturated heterocycles. The molecule has 0 amide bonds. The first-order valence-electron chi connectivity index (χ1n) is 10.8. The minimum atomic E-state index is -3.48. The van der Waals surface area contributed by atoms with Gasteiger partial charge < -0.3 is 19.2 Å². The molecule has 186 valence electrons. The number of benzene rings is 2. The van der Waals surface area contributed by atoms with Gasteiger partial charge in [0.1, 0.15) is 17.2 Å². The fourth-order valence-corrected chi connectivity index (χ4v) is 5.53. The SMILES string of the molecule is COC(=O)c1cc(CS(C)(=O)=O)cc2c1N(c1ccc(F)cc1F)Cc1c[nH]c3c(=O)n(C)cc-2c13. The van der Waals surface area contributed by atoms with Crippen molar-refractivity contribution in [2.24, 2.45) is 7.05 Å². The third-order valence-corrected chi connectivity index (χ3v) is 7.04. The van der Waals surface area contributed by atoms with Crippen LogP contribution in [0.4, 0.5) is 20.2 Å². The fourth-order valence-electron chi connectivity index (χ4n) is 4.76. The summed E-state index contributed by atoms with van der Waals surface area (Å²) < 4.78 is 59.5. The van der Waals surface area contributed by atoms with Crippen LogP contribution in [0, 0.1) is 11.6 Å². The third kappa shape index (κ3) is 3.85. The number of H-pyrrole nitrogens is 1. The van der Waals surface area contributed by atoms with Crippen molar-refractivity contribution in [3.8, 4) is 11.1 Å². The Morgan fingerprint density at radius 3 is 2.58 bits per heavy atom. The molecule has 4 aromatic rings. The molecule has 3 heterocycles. The molecule has 1 N–H and O–H groups in total. The summed E-state index contributed by atoms with van der Waals surface area (Å²) in [5.41, 5.74) is 2.18. The van der Waals surface area contributed by atoms with Crippen molar-refractivity contribution in [3.05, 3.63) is 81.4 Å². The molecule has 5 rings (SSSR count). The van der Waals surface area contributed by atoms with Gasteiger partial charge in [-0.3, -0.25) is 4.79 Å². The van der Waals surface area contributed by atoms with Crippen LogP contribution in [0.5, 0.6) is 0 Å². The maximum Gasteiger partial charge on any atom is 0.340 e. The molecular weight excluding hydrogens is 492 g/mol. The van der Waals surface area contributed by atoms with Crippen molar-refractivity contribution in [3.63, 3.8) is 0 Å². The number of aromatic nitrogens is 2. The van der Waals surface area contributed by atoms with Gasteiger partial charge in [0.2, 0.25) is 0 Å². The molecule has 2 aromatic heterocycles. The van der Waals surface area contributed by atoms with Gasteiger partial charge in [0, 0.05) is 48.3 Å². The van der Waals surface area contributed by atoms with Crippen LogP contribution in [-0.4, -0.2) is 37.3 Å². The van der Waals surface area contributed by atoms with Gasteiger partial charge in [-0.05, 0) is 35.4 Å². The van der Waals surface area contributed by atoms with E-state index in [4.69, 9.17) is 4.74 Å².